The molecule has 2 aromatic heterocycles. The zero-order chi connectivity index (χ0) is 20.5. The molecule has 6 nitrogen and oxygen atoms in total. The quantitative estimate of drug-likeness (QED) is 0.668. The fourth-order valence-corrected chi connectivity index (χ4v) is 4.14. The Labute approximate surface area is 175 Å². The summed E-state index contributed by atoms with van der Waals surface area (Å²) in [6.07, 6.45) is 10.2. The minimum absolute atomic E-state index is 0.0840. The number of aromatic nitrogens is 3. The first kappa shape index (κ1) is 18.6. The number of fused-ring (bicyclic) bond motifs is 1. The number of hydrogen-bond donors (Lipinski definition) is 1. The SMILES string of the molecule is N#Cc1cccc(C(=O)NC2CCCCc3nn(-c4ccnc(C5CC5)c4)cc32)c1. The molecule has 150 valence electrons. The highest BCUT2D eigenvalue weighted by Crippen LogP contribution is 2.39. The molecule has 1 atom stereocenters. The maximum absolute atomic E-state index is 12.9. The Bertz CT molecular complexity index is 1140. The Morgan fingerprint density at radius 3 is 2.90 bits per heavy atom. The lowest BCUT2D eigenvalue weighted by Gasteiger charge is -2.17. The second kappa shape index (κ2) is 7.75. The van der Waals surface area contributed by atoms with E-state index >= 15 is 0 Å². The number of rotatable bonds is 4. The third-order valence-corrected chi connectivity index (χ3v) is 5.94. The van der Waals surface area contributed by atoms with Gasteiger partial charge in [0.15, 0.2) is 0 Å². The number of nitrogens with zero attached hydrogens (tertiary/aromatic N) is 4. The topological polar surface area (TPSA) is 83.6 Å². The smallest absolute Gasteiger partial charge is 0.251 e. The normalized spacial score (nSPS) is 18.2. The van der Waals surface area contributed by atoms with Crippen LogP contribution in [0.3, 0.4) is 0 Å². The molecule has 0 bridgehead atoms. The van der Waals surface area contributed by atoms with E-state index in [2.05, 4.69) is 28.6 Å². The third kappa shape index (κ3) is 3.71. The van der Waals surface area contributed by atoms with Gasteiger partial charge >= 0.3 is 0 Å². The number of hydrogen-bond acceptors (Lipinski definition) is 4. The van der Waals surface area contributed by atoms with Gasteiger partial charge in [0.05, 0.1) is 29.1 Å². The molecule has 0 radical (unpaired) electrons. The monoisotopic (exact) mass is 397 g/mol. The average molecular weight is 397 g/mol. The van der Waals surface area contributed by atoms with Crippen molar-refractivity contribution in [1.82, 2.24) is 20.1 Å². The number of pyridine rings is 1. The molecule has 6 heteroatoms. The lowest BCUT2D eigenvalue weighted by Crippen LogP contribution is -2.28. The van der Waals surface area contributed by atoms with Crippen LogP contribution in [0.15, 0.2) is 48.8 Å². The van der Waals surface area contributed by atoms with Crippen LogP contribution >= 0.6 is 0 Å². The van der Waals surface area contributed by atoms with Crippen molar-refractivity contribution in [2.24, 2.45) is 0 Å². The molecule has 2 heterocycles. The summed E-state index contributed by atoms with van der Waals surface area (Å²) in [4.78, 5) is 17.4. The van der Waals surface area contributed by atoms with Gasteiger partial charge in [0.1, 0.15) is 0 Å². The van der Waals surface area contributed by atoms with E-state index in [1.807, 2.05) is 16.9 Å². The third-order valence-electron chi connectivity index (χ3n) is 5.94. The van der Waals surface area contributed by atoms with Crippen LogP contribution in [-0.4, -0.2) is 20.7 Å². The Morgan fingerprint density at radius 1 is 1.17 bits per heavy atom. The molecule has 1 saturated carbocycles. The van der Waals surface area contributed by atoms with Crippen LogP contribution in [0.1, 0.15) is 76.9 Å². The Balaban J connectivity index is 1.42. The zero-order valence-electron chi connectivity index (χ0n) is 16.7. The van der Waals surface area contributed by atoms with Gasteiger partial charge in [-0.25, -0.2) is 4.68 Å². The fourth-order valence-electron chi connectivity index (χ4n) is 4.14. The standard InChI is InChI=1S/C24H23N5O/c25-14-16-4-3-5-18(12-16)24(30)27-21-6-1-2-7-22-20(21)15-29(28-22)19-10-11-26-23(13-19)17-8-9-17/h3-5,10-13,15,17,21H,1-2,6-9H2,(H,27,30). The van der Waals surface area contributed by atoms with Crippen molar-refractivity contribution in [3.63, 3.8) is 0 Å². The fraction of sp³-hybridized carbons (Fsp3) is 0.333. The summed E-state index contributed by atoms with van der Waals surface area (Å²) in [6, 6.07) is 12.9. The molecule has 3 aromatic rings. The summed E-state index contributed by atoms with van der Waals surface area (Å²) in [7, 11) is 0. The largest absolute Gasteiger partial charge is 0.345 e. The number of carbonyl (C=O) groups is 1. The average Bonchev–Trinajstić information content (AvgIpc) is 3.58. The molecule has 1 N–H and O–H groups in total. The highest BCUT2D eigenvalue weighted by molar-refractivity contribution is 5.94. The highest BCUT2D eigenvalue weighted by Gasteiger charge is 2.27. The molecule has 2 aliphatic rings. The first-order chi connectivity index (χ1) is 14.7. The molecule has 1 unspecified atom stereocenters. The van der Waals surface area contributed by atoms with Gasteiger partial charge in [-0.3, -0.25) is 9.78 Å². The summed E-state index contributed by atoms with van der Waals surface area (Å²) in [5.41, 5.74) is 5.29. The second-order valence-corrected chi connectivity index (χ2v) is 8.15. The number of benzene rings is 1. The molecular formula is C24H23N5O. The number of amides is 1. The van der Waals surface area contributed by atoms with E-state index in [9.17, 15) is 4.79 Å². The maximum atomic E-state index is 12.9. The van der Waals surface area contributed by atoms with Crippen LogP contribution in [-0.2, 0) is 6.42 Å². The molecule has 1 amide bonds. The summed E-state index contributed by atoms with van der Waals surface area (Å²) >= 11 is 0. The predicted molar refractivity (Wildman–Crippen MR) is 112 cm³/mol. The second-order valence-electron chi connectivity index (χ2n) is 8.15. The van der Waals surface area contributed by atoms with Crippen LogP contribution in [0.4, 0.5) is 0 Å². The van der Waals surface area contributed by atoms with Crippen molar-refractivity contribution in [2.45, 2.75) is 50.5 Å². The number of nitriles is 1. The van der Waals surface area contributed by atoms with Gasteiger partial charge in [-0.1, -0.05) is 12.5 Å². The Kier molecular flexibility index (Phi) is 4.80. The van der Waals surface area contributed by atoms with Crippen LogP contribution < -0.4 is 5.32 Å². The molecule has 0 saturated heterocycles. The summed E-state index contributed by atoms with van der Waals surface area (Å²) in [5.74, 6) is 0.437. The maximum Gasteiger partial charge on any atom is 0.251 e. The van der Waals surface area contributed by atoms with E-state index in [-0.39, 0.29) is 11.9 Å². The van der Waals surface area contributed by atoms with Gasteiger partial charge in [0.2, 0.25) is 0 Å². The van der Waals surface area contributed by atoms with Crippen LogP contribution in [0.5, 0.6) is 0 Å². The molecule has 0 aliphatic heterocycles. The molecule has 1 aromatic carbocycles. The summed E-state index contributed by atoms with van der Waals surface area (Å²) < 4.78 is 1.93. The van der Waals surface area contributed by atoms with Crippen molar-refractivity contribution in [2.75, 3.05) is 0 Å². The Morgan fingerprint density at radius 2 is 2.07 bits per heavy atom. The minimum Gasteiger partial charge on any atom is -0.345 e. The predicted octanol–water partition coefficient (Wildman–Crippen LogP) is 4.21. The van der Waals surface area contributed by atoms with Gasteiger partial charge in [-0.2, -0.15) is 10.4 Å². The number of carbonyl (C=O) groups excluding carboxylic acids is 1. The van der Waals surface area contributed by atoms with E-state index in [1.54, 1.807) is 24.3 Å². The molecule has 0 spiro atoms. The van der Waals surface area contributed by atoms with E-state index < -0.39 is 0 Å². The zero-order valence-corrected chi connectivity index (χ0v) is 16.7. The molecule has 5 rings (SSSR count). The van der Waals surface area contributed by atoms with E-state index in [0.717, 1.165) is 48.3 Å². The van der Waals surface area contributed by atoms with Crippen molar-refractivity contribution >= 4 is 5.91 Å². The first-order valence-electron chi connectivity index (χ1n) is 10.6. The van der Waals surface area contributed by atoms with Crippen molar-refractivity contribution in [3.8, 4) is 11.8 Å². The van der Waals surface area contributed by atoms with Crippen molar-refractivity contribution in [3.05, 3.63) is 76.9 Å². The van der Waals surface area contributed by atoms with Crippen LogP contribution in [0.2, 0.25) is 0 Å². The minimum atomic E-state index is -0.155. The van der Waals surface area contributed by atoms with Gasteiger partial charge in [0.25, 0.3) is 5.91 Å². The van der Waals surface area contributed by atoms with E-state index in [1.165, 1.54) is 12.8 Å². The molecule has 1 fully saturated rings. The van der Waals surface area contributed by atoms with Gasteiger partial charge in [-0.15, -0.1) is 0 Å². The summed E-state index contributed by atoms with van der Waals surface area (Å²) in [5, 5.41) is 17.1. The van der Waals surface area contributed by atoms with E-state index in [0.29, 0.717) is 17.0 Å². The molecule has 2 aliphatic carbocycles. The first-order valence-corrected chi connectivity index (χ1v) is 10.6. The summed E-state index contributed by atoms with van der Waals surface area (Å²) in [6.45, 7) is 0. The van der Waals surface area contributed by atoms with Gasteiger partial charge in [-0.05, 0) is 62.4 Å². The van der Waals surface area contributed by atoms with Crippen molar-refractivity contribution < 1.29 is 4.79 Å². The lowest BCUT2D eigenvalue weighted by atomic mass is 10.0. The number of nitrogens with one attached hydrogen (secondary N) is 1. The van der Waals surface area contributed by atoms with Gasteiger partial charge in [0, 0.05) is 35.1 Å². The molecular weight excluding hydrogens is 374 g/mol. The number of aryl methyl sites for hydroxylation is 1. The Hall–Kier alpha value is -3.46. The van der Waals surface area contributed by atoms with Crippen LogP contribution in [0.25, 0.3) is 5.69 Å². The van der Waals surface area contributed by atoms with Crippen LogP contribution in [0, 0.1) is 11.3 Å². The molecule has 30 heavy (non-hydrogen) atoms. The van der Waals surface area contributed by atoms with E-state index in [4.69, 9.17) is 10.4 Å². The van der Waals surface area contributed by atoms with Gasteiger partial charge < -0.3 is 5.32 Å². The lowest BCUT2D eigenvalue weighted by molar-refractivity contribution is 0.0934. The highest BCUT2D eigenvalue weighted by atomic mass is 16.1. The van der Waals surface area contributed by atoms with Crippen molar-refractivity contribution in [1.29, 1.82) is 5.26 Å².